The second-order valence-electron chi connectivity index (χ2n) is 4.36. The van der Waals surface area contributed by atoms with Crippen LogP contribution in [0.4, 0.5) is 19.0 Å². The molecule has 1 aromatic heterocycles. The fraction of sp³-hybridized carbons (Fsp3) is 0.692. The van der Waals surface area contributed by atoms with E-state index in [0.717, 1.165) is 30.0 Å². The maximum absolute atomic E-state index is 12.0. The minimum Gasteiger partial charge on any atom is -0.372 e. The van der Waals surface area contributed by atoms with Crippen molar-refractivity contribution in [2.24, 2.45) is 0 Å². The third-order valence-electron chi connectivity index (χ3n) is 2.71. The summed E-state index contributed by atoms with van der Waals surface area (Å²) in [7, 11) is 0. The van der Waals surface area contributed by atoms with Crippen LogP contribution < -0.4 is 5.32 Å². The topological polar surface area (TPSA) is 47.0 Å². The second kappa shape index (κ2) is 7.42. The minimum atomic E-state index is -4.29. The molecule has 1 aromatic rings. The standard InChI is InChI=1S/C13H20F3N3O/c1-4-10-9(3)12(17-5-2)19-11(18-10)6-7-20-8-13(14,15)16/h4-8H2,1-3H3,(H,17,18,19). The molecule has 0 aliphatic heterocycles. The molecule has 0 fully saturated rings. The number of nitrogens with one attached hydrogen (secondary N) is 1. The SMILES string of the molecule is CCNc1nc(CCOCC(F)(F)F)nc(CC)c1C. The number of ether oxygens (including phenoxy) is 1. The number of hydrogen-bond acceptors (Lipinski definition) is 4. The van der Waals surface area contributed by atoms with Crippen LogP contribution in [0, 0.1) is 6.92 Å². The van der Waals surface area contributed by atoms with Crippen LogP contribution in [0.2, 0.25) is 0 Å². The Bertz CT molecular complexity index is 436. The van der Waals surface area contributed by atoms with Gasteiger partial charge in [0, 0.05) is 24.2 Å². The number of alkyl halides is 3. The van der Waals surface area contributed by atoms with E-state index >= 15 is 0 Å². The van der Waals surface area contributed by atoms with E-state index in [-0.39, 0.29) is 13.0 Å². The van der Waals surface area contributed by atoms with Gasteiger partial charge in [-0.2, -0.15) is 13.2 Å². The highest BCUT2D eigenvalue weighted by Crippen LogP contribution is 2.17. The predicted octanol–water partition coefficient (Wildman–Crippen LogP) is 2.90. The smallest absolute Gasteiger partial charge is 0.372 e. The molecule has 0 unspecified atom stereocenters. The van der Waals surface area contributed by atoms with Crippen molar-refractivity contribution in [3.8, 4) is 0 Å². The van der Waals surface area contributed by atoms with Crippen molar-refractivity contribution in [3.63, 3.8) is 0 Å². The molecule has 0 saturated heterocycles. The van der Waals surface area contributed by atoms with E-state index in [1.165, 1.54) is 0 Å². The number of rotatable bonds is 7. The Balaban J connectivity index is 2.67. The minimum absolute atomic E-state index is 0.0444. The van der Waals surface area contributed by atoms with Gasteiger partial charge in [0.2, 0.25) is 0 Å². The monoisotopic (exact) mass is 291 g/mol. The Labute approximate surface area is 116 Å². The lowest BCUT2D eigenvalue weighted by atomic mass is 10.2. The molecule has 0 saturated carbocycles. The van der Waals surface area contributed by atoms with Gasteiger partial charge in [0.25, 0.3) is 0 Å². The molecule has 0 aliphatic rings. The third-order valence-corrected chi connectivity index (χ3v) is 2.71. The lowest BCUT2D eigenvalue weighted by Gasteiger charge is -2.12. The Morgan fingerprint density at radius 1 is 1.20 bits per heavy atom. The van der Waals surface area contributed by atoms with E-state index in [2.05, 4.69) is 20.0 Å². The molecule has 1 rings (SSSR count). The molecule has 1 N–H and O–H groups in total. The molecule has 4 nitrogen and oxygen atoms in total. The van der Waals surface area contributed by atoms with Crippen molar-refractivity contribution < 1.29 is 17.9 Å². The van der Waals surface area contributed by atoms with E-state index in [1.54, 1.807) is 0 Å². The third kappa shape index (κ3) is 5.32. The Hall–Kier alpha value is -1.37. The summed E-state index contributed by atoms with van der Waals surface area (Å²) in [6, 6.07) is 0. The van der Waals surface area contributed by atoms with Crippen LogP contribution in [0.5, 0.6) is 0 Å². The summed E-state index contributed by atoms with van der Waals surface area (Å²) in [4.78, 5) is 8.68. The Morgan fingerprint density at radius 2 is 1.90 bits per heavy atom. The summed E-state index contributed by atoms with van der Waals surface area (Å²) in [6.07, 6.45) is -3.28. The highest BCUT2D eigenvalue weighted by Gasteiger charge is 2.27. The van der Waals surface area contributed by atoms with Crippen LogP contribution >= 0.6 is 0 Å². The first-order chi connectivity index (χ1) is 9.37. The average Bonchev–Trinajstić information content (AvgIpc) is 2.37. The van der Waals surface area contributed by atoms with Crippen molar-refractivity contribution in [2.75, 3.05) is 25.1 Å². The van der Waals surface area contributed by atoms with Crippen LogP contribution in [0.3, 0.4) is 0 Å². The predicted molar refractivity (Wildman–Crippen MR) is 70.9 cm³/mol. The van der Waals surface area contributed by atoms with Gasteiger partial charge in [-0.15, -0.1) is 0 Å². The highest BCUT2D eigenvalue weighted by atomic mass is 19.4. The molecule has 1 heterocycles. The van der Waals surface area contributed by atoms with Gasteiger partial charge in [-0.25, -0.2) is 9.97 Å². The number of hydrogen-bond donors (Lipinski definition) is 1. The number of aromatic nitrogens is 2. The van der Waals surface area contributed by atoms with Gasteiger partial charge >= 0.3 is 6.18 Å². The molecule has 20 heavy (non-hydrogen) atoms. The fourth-order valence-corrected chi connectivity index (χ4v) is 1.76. The van der Waals surface area contributed by atoms with Crippen LogP contribution in [0.15, 0.2) is 0 Å². The number of nitrogens with zero attached hydrogens (tertiary/aromatic N) is 2. The summed E-state index contributed by atoms with van der Waals surface area (Å²) in [5.41, 5.74) is 1.89. The lowest BCUT2D eigenvalue weighted by molar-refractivity contribution is -0.173. The van der Waals surface area contributed by atoms with E-state index < -0.39 is 12.8 Å². The van der Waals surface area contributed by atoms with Gasteiger partial charge in [0.1, 0.15) is 18.2 Å². The molecule has 0 aliphatic carbocycles. The second-order valence-corrected chi connectivity index (χ2v) is 4.36. The molecule has 114 valence electrons. The van der Waals surface area contributed by atoms with Gasteiger partial charge in [0.15, 0.2) is 0 Å². The van der Waals surface area contributed by atoms with E-state index in [9.17, 15) is 13.2 Å². The van der Waals surface area contributed by atoms with Crippen LogP contribution in [-0.4, -0.2) is 35.9 Å². The van der Waals surface area contributed by atoms with Gasteiger partial charge in [-0.05, 0) is 20.3 Å². The molecule has 7 heteroatoms. The Kier molecular flexibility index (Phi) is 6.19. The summed E-state index contributed by atoms with van der Waals surface area (Å²) in [6.45, 7) is 5.32. The van der Waals surface area contributed by atoms with Crippen molar-refractivity contribution >= 4 is 5.82 Å². The fourth-order valence-electron chi connectivity index (χ4n) is 1.76. The molecular weight excluding hydrogens is 271 g/mol. The van der Waals surface area contributed by atoms with Gasteiger partial charge in [0.05, 0.1) is 6.61 Å². The number of halogens is 3. The first-order valence-corrected chi connectivity index (χ1v) is 6.62. The quantitative estimate of drug-likeness (QED) is 0.785. The summed E-state index contributed by atoms with van der Waals surface area (Å²) >= 11 is 0. The zero-order valence-electron chi connectivity index (χ0n) is 12.0. The lowest BCUT2D eigenvalue weighted by Crippen LogP contribution is -2.18. The maximum atomic E-state index is 12.0. The van der Waals surface area contributed by atoms with Crippen LogP contribution in [-0.2, 0) is 17.6 Å². The Morgan fingerprint density at radius 3 is 2.45 bits per heavy atom. The van der Waals surface area contributed by atoms with Gasteiger partial charge < -0.3 is 10.1 Å². The first kappa shape index (κ1) is 16.7. The molecule has 0 atom stereocenters. The van der Waals surface area contributed by atoms with Crippen molar-refractivity contribution in [3.05, 3.63) is 17.1 Å². The molecule has 0 amide bonds. The highest BCUT2D eigenvalue weighted by molar-refractivity contribution is 5.45. The normalized spacial score (nSPS) is 11.7. The number of aryl methyl sites for hydroxylation is 1. The van der Waals surface area contributed by atoms with Gasteiger partial charge in [-0.3, -0.25) is 0 Å². The molecule has 0 radical (unpaired) electrons. The molecule has 0 spiro atoms. The van der Waals surface area contributed by atoms with Crippen molar-refractivity contribution in [1.82, 2.24) is 9.97 Å². The van der Waals surface area contributed by atoms with Crippen molar-refractivity contribution in [1.29, 1.82) is 0 Å². The summed E-state index contributed by atoms with van der Waals surface area (Å²) < 4.78 is 40.4. The summed E-state index contributed by atoms with van der Waals surface area (Å²) in [5.74, 6) is 1.25. The number of anilines is 1. The van der Waals surface area contributed by atoms with E-state index in [4.69, 9.17) is 0 Å². The van der Waals surface area contributed by atoms with Crippen molar-refractivity contribution in [2.45, 2.75) is 39.8 Å². The zero-order valence-corrected chi connectivity index (χ0v) is 12.0. The molecule has 0 bridgehead atoms. The zero-order chi connectivity index (χ0) is 15.2. The average molecular weight is 291 g/mol. The largest absolute Gasteiger partial charge is 0.411 e. The molecule has 0 aromatic carbocycles. The summed E-state index contributed by atoms with van der Waals surface area (Å²) in [5, 5.41) is 3.13. The first-order valence-electron chi connectivity index (χ1n) is 6.62. The maximum Gasteiger partial charge on any atom is 0.411 e. The molecular formula is C13H20F3N3O. The van der Waals surface area contributed by atoms with Crippen LogP contribution in [0.25, 0.3) is 0 Å². The van der Waals surface area contributed by atoms with E-state index in [1.807, 2.05) is 20.8 Å². The van der Waals surface area contributed by atoms with Crippen LogP contribution in [0.1, 0.15) is 30.9 Å². The van der Waals surface area contributed by atoms with Gasteiger partial charge in [-0.1, -0.05) is 6.92 Å². The van der Waals surface area contributed by atoms with E-state index in [0.29, 0.717) is 5.82 Å².